The van der Waals surface area contributed by atoms with E-state index in [0.29, 0.717) is 36.1 Å². The van der Waals surface area contributed by atoms with E-state index in [0.717, 1.165) is 6.42 Å². The monoisotopic (exact) mass is 397 g/mol. The maximum Gasteiger partial charge on any atom is 0.434 e. The second kappa shape index (κ2) is 7.63. The molecule has 7 nitrogen and oxygen atoms in total. The number of benzene rings is 1. The van der Waals surface area contributed by atoms with Crippen molar-refractivity contribution >= 4 is 11.9 Å². The summed E-state index contributed by atoms with van der Waals surface area (Å²) in [4.78, 5) is 25.3. The van der Waals surface area contributed by atoms with Crippen molar-refractivity contribution in [3.63, 3.8) is 0 Å². The van der Waals surface area contributed by atoms with Gasteiger partial charge in [-0.3, -0.25) is 4.79 Å². The number of aromatic carboxylic acids is 1. The molecule has 0 bridgehead atoms. The Morgan fingerprint density at radius 1 is 1.29 bits per heavy atom. The second-order valence-electron chi connectivity index (χ2n) is 6.32. The molecule has 1 unspecified atom stereocenters. The van der Waals surface area contributed by atoms with Gasteiger partial charge in [-0.1, -0.05) is 6.92 Å². The van der Waals surface area contributed by atoms with E-state index in [9.17, 15) is 22.8 Å². The average molecular weight is 397 g/mol. The number of carboxylic acid groups (broad SMARTS) is 1. The maximum atomic E-state index is 13.3. The average Bonchev–Trinajstić information content (AvgIpc) is 3.13. The van der Waals surface area contributed by atoms with Crippen LogP contribution in [0.4, 0.5) is 13.2 Å². The van der Waals surface area contributed by atoms with Crippen molar-refractivity contribution in [2.75, 3.05) is 19.7 Å². The zero-order valence-electron chi connectivity index (χ0n) is 14.9. The van der Waals surface area contributed by atoms with E-state index in [2.05, 4.69) is 5.10 Å². The Morgan fingerprint density at radius 2 is 1.96 bits per heavy atom. The van der Waals surface area contributed by atoms with Gasteiger partial charge in [0.05, 0.1) is 24.6 Å². The topological polar surface area (TPSA) is 84.7 Å². The molecule has 0 radical (unpaired) electrons. The fourth-order valence-corrected chi connectivity index (χ4v) is 3.05. The zero-order chi connectivity index (χ0) is 20.5. The number of hydrogen-bond donors (Lipinski definition) is 1. The molecule has 1 aliphatic heterocycles. The SMILES string of the molecule is CCC1CN(C(=O)c2ccc(-n3ncc(C(=O)O)c3C(F)(F)F)cc2)CCO1. The highest BCUT2D eigenvalue weighted by Crippen LogP contribution is 2.33. The Balaban J connectivity index is 1.87. The van der Waals surface area contributed by atoms with Crippen LogP contribution in [0.1, 0.15) is 39.8 Å². The molecule has 10 heteroatoms. The molecule has 28 heavy (non-hydrogen) atoms. The molecule has 2 heterocycles. The first-order valence-electron chi connectivity index (χ1n) is 8.62. The first-order chi connectivity index (χ1) is 13.2. The number of ether oxygens (including phenoxy) is 1. The van der Waals surface area contributed by atoms with E-state index in [1.54, 1.807) is 4.90 Å². The summed E-state index contributed by atoms with van der Waals surface area (Å²) in [5, 5.41) is 12.5. The van der Waals surface area contributed by atoms with E-state index in [4.69, 9.17) is 9.84 Å². The van der Waals surface area contributed by atoms with Crippen LogP contribution in [0.5, 0.6) is 0 Å². The van der Waals surface area contributed by atoms with E-state index in [-0.39, 0.29) is 17.7 Å². The molecule has 0 spiro atoms. The van der Waals surface area contributed by atoms with Crippen LogP contribution in [-0.4, -0.2) is 57.5 Å². The molecule has 0 saturated carbocycles. The minimum Gasteiger partial charge on any atom is -0.478 e. The molecular formula is C18H18F3N3O4. The second-order valence-corrected chi connectivity index (χ2v) is 6.32. The Bertz CT molecular complexity index is 877. The molecule has 1 aromatic heterocycles. The molecule has 2 aromatic rings. The summed E-state index contributed by atoms with van der Waals surface area (Å²) in [6.07, 6.45) is -3.51. The lowest BCUT2D eigenvalue weighted by molar-refractivity contribution is -0.143. The number of carbonyl (C=O) groups excluding carboxylic acids is 1. The summed E-state index contributed by atoms with van der Waals surface area (Å²) in [5.41, 5.74) is -1.99. The molecule has 1 aliphatic rings. The van der Waals surface area contributed by atoms with Crippen molar-refractivity contribution in [3.05, 3.63) is 47.3 Å². The number of carbonyl (C=O) groups is 2. The fraction of sp³-hybridized carbons (Fsp3) is 0.389. The van der Waals surface area contributed by atoms with E-state index < -0.39 is 23.4 Å². The standard InChI is InChI=1S/C18H18F3N3O4/c1-2-13-10-23(7-8-28-13)16(25)11-3-5-12(6-4-11)24-15(18(19,20)21)14(9-22-24)17(26)27/h3-6,9,13H,2,7-8,10H2,1H3,(H,26,27). The molecule has 1 atom stereocenters. The molecule has 1 N–H and O–H groups in total. The first-order valence-corrected chi connectivity index (χ1v) is 8.62. The van der Waals surface area contributed by atoms with Crippen LogP contribution < -0.4 is 0 Å². The third-order valence-electron chi connectivity index (χ3n) is 4.51. The number of alkyl halides is 3. The lowest BCUT2D eigenvalue weighted by atomic mass is 10.1. The number of carboxylic acids is 1. The quantitative estimate of drug-likeness (QED) is 0.858. The van der Waals surface area contributed by atoms with Gasteiger partial charge < -0.3 is 14.7 Å². The van der Waals surface area contributed by atoms with Crippen molar-refractivity contribution < 1.29 is 32.6 Å². The van der Waals surface area contributed by atoms with Crippen molar-refractivity contribution in [2.45, 2.75) is 25.6 Å². The Morgan fingerprint density at radius 3 is 2.54 bits per heavy atom. The largest absolute Gasteiger partial charge is 0.478 e. The first kappa shape index (κ1) is 19.9. The van der Waals surface area contributed by atoms with Gasteiger partial charge in [0.25, 0.3) is 5.91 Å². The van der Waals surface area contributed by atoms with Crippen molar-refractivity contribution in [1.29, 1.82) is 0 Å². The molecule has 1 aromatic carbocycles. The van der Waals surface area contributed by atoms with Crippen LogP contribution in [0.3, 0.4) is 0 Å². The number of aromatic nitrogens is 2. The number of halogens is 3. The fourth-order valence-electron chi connectivity index (χ4n) is 3.05. The van der Waals surface area contributed by atoms with Crippen LogP contribution in [0.2, 0.25) is 0 Å². The number of morpholine rings is 1. The molecule has 1 amide bonds. The van der Waals surface area contributed by atoms with E-state index in [1.807, 2.05) is 6.92 Å². The van der Waals surface area contributed by atoms with Gasteiger partial charge in [0.2, 0.25) is 0 Å². The smallest absolute Gasteiger partial charge is 0.434 e. The third-order valence-corrected chi connectivity index (χ3v) is 4.51. The normalized spacial score (nSPS) is 17.6. The van der Waals surface area contributed by atoms with Gasteiger partial charge in [0, 0.05) is 18.7 Å². The molecule has 1 fully saturated rings. The van der Waals surface area contributed by atoms with Gasteiger partial charge in [-0.25, -0.2) is 9.48 Å². The van der Waals surface area contributed by atoms with Crippen molar-refractivity contribution in [2.24, 2.45) is 0 Å². The Labute approximate surface area is 158 Å². The van der Waals surface area contributed by atoms with E-state index in [1.165, 1.54) is 24.3 Å². The van der Waals surface area contributed by atoms with Crippen LogP contribution in [0.25, 0.3) is 5.69 Å². The van der Waals surface area contributed by atoms with Crippen LogP contribution in [-0.2, 0) is 10.9 Å². The number of rotatable bonds is 4. The summed E-state index contributed by atoms with van der Waals surface area (Å²) in [6, 6.07) is 5.41. The molecule has 3 rings (SSSR count). The van der Waals surface area contributed by atoms with Gasteiger partial charge in [0.1, 0.15) is 5.56 Å². The van der Waals surface area contributed by atoms with Gasteiger partial charge in [-0.15, -0.1) is 0 Å². The van der Waals surface area contributed by atoms with Gasteiger partial charge >= 0.3 is 12.1 Å². The maximum absolute atomic E-state index is 13.3. The Kier molecular flexibility index (Phi) is 5.41. The highest BCUT2D eigenvalue weighted by atomic mass is 19.4. The molecule has 150 valence electrons. The minimum atomic E-state index is -4.90. The highest BCUT2D eigenvalue weighted by Gasteiger charge is 2.40. The van der Waals surface area contributed by atoms with E-state index >= 15 is 0 Å². The lowest BCUT2D eigenvalue weighted by Crippen LogP contribution is -2.45. The minimum absolute atomic E-state index is 0.00443. The molecular weight excluding hydrogens is 379 g/mol. The number of amides is 1. The summed E-state index contributed by atoms with van der Waals surface area (Å²) >= 11 is 0. The van der Waals surface area contributed by atoms with Gasteiger partial charge in [0.15, 0.2) is 5.69 Å². The number of nitrogens with zero attached hydrogens (tertiary/aromatic N) is 3. The van der Waals surface area contributed by atoms with Gasteiger partial charge in [-0.2, -0.15) is 18.3 Å². The highest BCUT2D eigenvalue weighted by molar-refractivity contribution is 5.94. The Hall–Kier alpha value is -2.88. The summed E-state index contributed by atoms with van der Waals surface area (Å²) in [5.74, 6) is -1.96. The van der Waals surface area contributed by atoms with Crippen molar-refractivity contribution in [3.8, 4) is 5.69 Å². The summed E-state index contributed by atoms with van der Waals surface area (Å²) < 4.78 is 46.0. The van der Waals surface area contributed by atoms with Crippen molar-refractivity contribution in [1.82, 2.24) is 14.7 Å². The third kappa shape index (κ3) is 3.86. The number of hydrogen-bond acceptors (Lipinski definition) is 4. The lowest BCUT2D eigenvalue weighted by Gasteiger charge is -2.32. The summed E-state index contributed by atoms with van der Waals surface area (Å²) in [7, 11) is 0. The van der Waals surface area contributed by atoms with Gasteiger partial charge in [-0.05, 0) is 30.7 Å². The zero-order valence-corrected chi connectivity index (χ0v) is 14.9. The van der Waals surface area contributed by atoms with Crippen LogP contribution in [0, 0.1) is 0 Å². The summed E-state index contributed by atoms with van der Waals surface area (Å²) in [6.45, 7) is 3.29. The predicted octanol–water partition coefficient (Wildman–Crippen LogP) is 2.84. The molecule has 0 aliphatic carbocycles. The van der Waals surface area contributed by atoms with Crippen LogP contribution in [0.15, 0.2) is 30.5 Å². The predicted molar refractivity (Wildman–Crippen MR) is 91.5 cm³/mol. The van der Waals surface area contributed by atoms with Crippen LogP contribution >= 0.6 is 0 Å². The molecule has 1 saturated heterocycles.